The van der Waals surface area contributed by atoms with E-state index in [0.29, 0.717) is 30.0 Å². The zero-order valence-corrected chi connectivity index (χ0v) is 20.2. The van der Waals surface area contributed by atoms with Crippen molar-refractivity contribution in [1.29, 1.82) is 0 Å². The summed E-state index contributed by atoms with van der Waals surface area (Å²) < 4.78 is 33.0. The highest BCUT2D eigenvalue weighted by Gasteiger charge is 2.28. The molecule has 1 heterocycles. The van der Waals surface area contributed by atoms with E-state index in [1.54, 1.807) is 43.3 Å². The molecule has 4 rings (SSSR count). The Labute approximate surface area is 200 Å². The van der Waals surface area contributed by atoms with Crippen molar-refractivity contribution in [2.45, 2.75) is 50.0 Å². The number of ether oxygens (including phenoxy) is 1. The second-order valence-corrected chi connectivity index (χ2v) is 10.7. The average Bonchev–Trinajstić information content (AvgIpc) is 2.85. The number of hydrogen-bond donors (Lipinski definition) is 2. The van der Waals surface area contributed by atoms with Crippen LogP contribution in [-0.2, 0) is 14.8 Å². The molecule has 0 atom stereocenters. The number of amides is 2. The van der Waals surface area contributed by atoms with Crippen LogP contribution in [-0.4, -0.2) is 56.9 Å². The maximum atomic E-state index is 13.2. The Kier molecular flexibility index (Phi) is 7.65. The third-order valence-electron chi connectivity index (χ3n) is 6.40. The van der Waals surface area contributed by atoms with E-state index in [0.717, 1.165) is 25.7 Å². The first kappa shape index (κ1) is 24.4. The standard InChI is InChI=1S/C25H31N3O5S/c1-18-11-12-19(17-23(18)34(31,32)28-13-15-33-16-14-28)24(29)27-22-10-6-5-9-21(22)25(30)26-20-7-3-2-4-8-20/h5-6,9-12,17,20H,2-4,7-8,13-16H2,1H3,(H,26,30)(H,27,29). The summed E-state index contributed by atoms with van der Waals surface area (Å²) in [4.78, 5) is 26.1. The third-order valence-corrected chi connectivity index (χ3v) is 8.44. The zero-order chi connectivity index (χ0) is 24.1. The number of benzene rings is 2. The Bertz CT molecular complexity index is 1150. The van der Waals surface area contributed by atoms with Crippen molar-refractivity contribution in [1.82, 2.24) is 9.62 Å². The van der Waals surface area contributed by atoms with Crippen molar-refractivity contribution < 1.29 is 22.7 Å². The number of hydrogen-bond acceptors (Lipinski definition) is 5. The average molecular weight is 486 g/mol. The zero-order valence-electron chi connectivity index (χ0n) is 19.4. The summed E-state index contributed by atoms with van der Waals surface area (Å²) in [5, 5.41) is 5.87. The molecule has 2 aliphatic rings. The Morgan fingerprint density at radius 1 is 0.971 bits per heavy atom. The molecule has 2 fully saturated rings. The molecule has 0 unspecified atom stereocenters. The van der Waals surface area contributed by atoms with E-state index in [4.69, 9.17) is 4.74 Å². The van der Waals surface area contributed by atoms with Crippen LogP contribution in [0.4, 0.5) is 5.69 Å². The van der Waals surface area contributed by atoms with Gasteiger partial charge in [-0.2, -0.15) is 4.31 Å². The van der Waals surface area contributed by atoms with Gasteiger partial charge in [0.15, 0.2) is 0 Å². The van der Waals surface area contributed by atoms with Gasteiger partial charge in [0, 0.05) is 24.7 Å². The van der Waals surface area contributed by atoms with Crippen molar-refractivity contribution in [3.8, 4) is 0 Å². The van der Waals surface area contributed by atoms with Crippen LogP contribution in [0.5, 0.6) is 0 Å². The molecule has 0 aromatic heterocycles. The first-order chi connectivity index (χ1) is 16.4. The highest BCUT2D eigenvalue weighted by Crippen LogP contribution is 2.24. The molecule has 2 aromatic carbocycles. The Morgan fingerprint density at radius 3 is 2.41 bits per heavy atom. The van der Waals surface area contributed by atoms with Gasteiger partial charge in [0.1, 0.15) is 0 Å². The van der Waals surface area contributed by atoms with Gasteiger partial charge in [-0.1, -0.05) is 37.5 Å². The van der Waals surface area contributed by atoms with E-state index in [-0.39, 0.29) is 35.5 Å². The van der Waals surface area contributed by atoms with Crippen molar-refractivity contribution in [3.63, 3.8) is 0 Å². The molecule has 0 bridgehead atoms. The van der Waals surface area contributed by atoms with Gasteiger partial charge >= 0.3 is 0 Å². The van der Waals surface area contributed by atoms with E-state index in [9.17, 15) is 18.0 Å². The van der Waals surface area contributed by atoms with Crippen LogP contribution >= 0.6 is 0 Å². The molecule has 2 N–H and O–H groups in total. The molecular formula is C25H31N3O5S. The van der Waals surface area contributed by atoms with Gasteiger partial charge in [0.2, 0.25) is 10.0 Å². The minimum absolute atomic E-state index is 0.102. The molecule has 1 saturated heterocycles. The van der Waals surface area contributed by atoms with Crippen molar-refractivity contribution in [3.05, 3.63) is 59.2 Å². The summed E-state index contributed by atoms with van der Waals surface area (Å²) in [6, 6.07) is 11.6. The minimum atomic E-state index is -3.75. The van der Waals surface area contributed by atoms with E-state index >= 15 is 0 Å². The largest absolute Gasteiger partial charge is 0.379 e. The summed E-state index contributed by atoms with van der Waals surface area (Å²) in [7, 11) is -3.75. The Morgan fingerprint density at radius 2 is 1.68 bits per heavy atom. The number of carbonyl (C=O) groups is 2. The number of sulfonamides is 1. The third kappa shape index (κ3) is 5.48. The van der Waals surface area contributed by atoms with Crippen LogP contribution in [0.1, 0.15) is 58.4 Å². The molecule has 34 heavy (non-hydrogen) atoms. The van der Waals surface area contributed by atoms with Gasteiger partial charge < -0.3 is 15.4 Å². The topological polar surface area (TPSA) is 105 Å². The summed E-state index contributed by atoms with van der Waals surface area (Å²) in [5.74, 6) is -0.696. The molecule has 2 amide bonds. The fourth-order valence-corrected chi connectivity index (χ4v) is 6.10. The second kappa shape index (κ2) is 10.7. The number of carbonyl (C=O) groups excluding carboxylic acids is 2. The maximum Gasteiger partial charge on any atom is 0.255 e. The highest BCUT2D eigenvalue weighted by atomic mass is 32.2. The first-order valence-electron chi connectivity index (χ1n) is 11.8. The number of nitrogens with one attached hydrogen (secondary N) is 2. The second-order valence-electron chi connectivity index (χ2n) is 8.80. The van der Waals surface area contributed by atoms with Gasteiger partial charge in [0.05, 0.1) is 29.4 Å². The van der Waals surface area contributed by atoms with Crippen LogP contribution in [0, 0.1) is 6.92 Å². The highest BCUT2D eigenvalue weighted by molar-refractivity contribution is 7.89. The Hall–Kier alpha value is -2.75. The van der Waals surface area contributed by atoms with E-state index in [1.807, 2.05) is 0 Å². The lowest BCUT2D eigenvalue weighted by Gasteiger charge is -2.26. The van der Waals surface area contributed by atoms with Gasteiger partial charge in [0.25, 0.3) is 11.8 Å². The maximum absolute atomic E-state index is 13.2. The molecule has 8 nitrogen and oxygen atoms in total. The van der Waals surface area contributed by atoms with E-state index in [2.05, 4.69) is 10.6 Å². The van der Waals surface area contributed by atoms with E-state index in [1.165, 1.54) is 16.8 Å². The normalized spacial score (nSPS) is 17.8. The number of para-hydroxylation sites is 1. The molecule has 2 aromatic rings. The van der Waals surface area contributed by atoms with Crippen molar-refractivity contribution >= 4 is 27.5 Å². The van der Waals surface area contributed by atoms with Crippen molar-refractivity contribution in [2.75, 3.05) is 31.6 Å². The van der Waals surface area contributed by atoms with Crippen LogP contribution in [0.3, 0.4) is 0 Å². The monoisotopic (exact) mass is 485 g/mol. The summed E-state index contributed by atoms with van der Waals surface area (Å²) in [6.07, 6.45) is 5.33. The van der Waals surface area contributed by atoms with Crippen LogP contribution in [0.2, 0.25) is 0 Å². The van der Waals surface area contributed by atoms with Crippen molar-refractivity contribution in [2.24, 2.45) is 0 Å². The van der Waals surface area contributed by atoms with Gasteiger partial charge in [-0.3, -0.25) is 9.59 Å². The Balaban J connectivity index is 1.53. The minimum Gasteiger partial charge on any atom is -0.379 e. The van der Waals surface area contributed by atoms with Crippen LogP contribution in [0.25, 0.3) is 0 Å². The molecule has 1 saturated carbocycles. The summed E-state index contributed by atoms with van der Waals surface area (Å²) >= 11 is 0. The van der Waals surface area contributed by atoms with Crippen LogP contribution in [0.15, 0.2) is 47.4 Å². The lowest BCUT2D eigenvalue weighted by molar-refractivity contribution is 0.0730. The number of aryl methyl sites for hydroxylation is 1. The molecule has 1 aliphatic carbocycles. The molecule has 9 heteroatoms. The lowest BCUT2D eigenvalue weighted by atomic mass is 9.95. The first-order valence-corrected chi connectivity index (χ1v) is 13.2. The molecule has 0 spiro atoms. The summed E-state index contributed by atoms with van der Waals surface area (Å²) in [5.41, 5.74) is 1.55. The molecular weight excluding hydrogens is 454 g/mol. The smallest absolute Gasteiger partial charge is 0.255 e. The van der Waals surface area contributed by atoms with Gasteiger partial charge in [-0.05, 0) is 49.6 Å². The fourth-order valence-electron chi connectivity index (χ4n) is 4.44. The number of morpholine rings is 1. The SMILES string of the molecule is Cc1ccc(C(=O)Nc2ccccc2C(=O)NC2CCCCC2)cc1S(=O)(=O)N1CCOCC1. The molecule has 182 valence electrons. The quantitative estimate of drug-likeness (QED) is 0.653. The number of anilines is 1. The number of rotatable bonds is 6. The van der Waals surface area contributed by atoms with Gasteiger partial charge in [-0.25, -0.2) is 8.42 Å². The summed E-state index contributed by atoms with van der Waals surface area (Å²) in [6.45, 7) is 2.96. The lowest BCUT2D eigenvalue weighted by Crippen LogP contribution is -2.40. The predicted octanol–water partition coefficient (Wildman–Crippen LogP) is 3.33. The molecule has 0 radical (unpaired) electrons. The fraction of sp³-hybridized carbons (Fsp3) is 0.440. The number of nitrogens with zero attached hydrogens (tertiary/aromatic N) is 1. The van der Waals surface area contributed by atoms with Crippen LogP contribution < -0.4 is 10.6 Å². The molecule has 1 aliphatic heterocycles. The van der Waals surface area contributed by atoms with E-state index < -0.39 is 15.9 Å². The predicted molar refractivity (Wildman–Crippen MR) is 129 cm³/mol. The van der Waals surface area contributed by atoms with Gasteiger partial charge in [-0.15, -0.1) is 0 Å².